The van der Waals surface area contributed by atoms with Crippen molar-refractivity contribution < 1.29 is 17.9 Å². The molecular weight excluding hydrogens is 360 g/mol. The highest BCUT2D eigenvalue weighted by Gasteiger charge is 2.22. The van der Waals surface area contributed by atoms with Crippen molar-refractivity contribution in [2.45, 2.75) is 4.90 Å². The van der Waals surface area contributed by atoms with E-state index in [4.69, 9.17) is 9.47 Å². The fourth-order valence-electron chi connectivity index (χ4n) is 2.32. The van der Waals surface area contributed by atoms with Crippen molar-refractivity contribution in [1.29, 1.82) is 0 Å². The quantitative estimate of drug-likeness (QED) is 0.711. The minimum Gasteiger partial charge on any atom is -0.497 e. The SMILES string of the molecule is COc1ccc(NS(=O)(=O)c2ccccc2-c2nccs2)c(OC)c1. The number of ether oxygens (including phenoxy) is 2. The maximum Gasteiger partial charge on any atom is 0.262 e. The highest BCUT2D eigenvalue weighted by Crippen LogP contribution is 2.33. The van der Waals surface area contributed by atoms with Gasteiger partial charge in [-0.05, 0) is 18.2 Å². The second-order valence-electron chi connectivity index (χ2n) is 5.01. The van der Waals surface area contributed by atoms with Crippen LogP contribution < -0.4 is 14.2 Å². The van der Waals surface area contributed by atoms with E-state index in [-0.39, 0.29) is 4.90 Å². The average Bonchev–Trinajstić information content (AvgIpc) is 3.16. The summed E-state index contributed by atoms with van der Waals surface area (Å²) in [4.78, 5) is 4.36. The fourth-order valence-corrected chi connectivity index (χ4v) is 4.34. The number of sulfonamides is 1. The zero-order valence-corrected chi connectivity index (χ0v) is 15.2. The van der Waals surface area contributed by atoms with Gasteiger partial charge in [-0.2, -0.15) is 0 Å². The van der Waals surface area contributed by atoms with Gasteiger partial charge in [0.2, 0.25) is 0 Å². The third kappa shape index (κ3) is 3.59. The molecule has 2 aromatic carbocycles. The molecule has 0 radical (unpaired) electrons. The molecular formula is C17H16N2O4S2. The summed E-state index contributed by atoms with van der Waals surface area (Å²) in [5.74, 6) is 0.942. The molecule has 0 aliphatic carbocycles. The molecule has 0 bridgehead atoms. The smallest absolute Gasteiger partial charge is 0.262 e. The first kappa shape index (κ1) is 17.2. The summed E-state index contributed by atoms with van der Waals surface area (Å²) in [6.07, 6.45) is 1.64. The third-order valence-electron chi connectivity index (χ3n) is 3.49. The van der Waals surface area contributed by atoms with Crippen molar-refractivity contribution in [3.63, 3.8) is 0 Å². The molecule has 25 heavy (non-hydrogen) atoms. The van der Waals surface area contributed by atoms with Gasteiger partial charge in [0.05, 0.1) is 24.8 Å². The highest BCUT2D eigenvalue weighted by atomic mass is 32.2. The summed E-state index contributed by atoms with van der Waals surface area (Å²) in [7, 11) is -0.827. The molecule has 130 valence electrons. The van der Waals surface area contributed by atoms with Gasteiger partial charge in [0.25, 0.3) is 10.0 Å². The van der Waals surface area contributed by atoms with E-state index in [0.29, 0.717) is 27.8 Å². The van der Waals surface area contributed by atoms with Crippen LogP contribution in [0.3, 0.4) is 0 Å². The molecule has 0 atom stereocenters. The molecule has 1 aromatic heterocycles. The number of aromatic nitrogens is 1. The van der Waals surface area contributed by atoms with Crippen LogP contribution in [0.15, 0.2) is 58.9 Å². The van der Waals surface area contributed by atoms with Gasteiger partial charge < -0.3 is 9.47 Å². The number of nitrogens with one attached hydrogen (secondary N) is 1. The first-order valence-corrected chi connectivity index (χ1v) is 9.65. The van der Waals surface area contributed by atoms with Gasteiger partial charge in [0.1, 0.15) is 16.5 Å². The third-order valence-corrected chi connectivity index (χ3v) is 5.72. The monoisotopic (exact) mass is 376 g/mol. The van der Waals surface area contributed by atoms with Crippen LogP contribution in [-0.2, 0) is 10.0 Å². The van der Waals surface area contributed by atoms with E-state index in [1.807, 2.05) is 0 Å². The number of methoxy groups -OCH3 is 2. The molecule has 0 unspecified atom stereocenters. The summed E-state index contributed by atoms with van der Waals surface area (Å²) in [6.45, 7) is 0. The Morgan fingerprint density at radius 1 is 1.08 bits per heavy atom. The molecule has 0 amide bonds. The first-order valence-electron chi connectivity index (χ1n) is 7.29. The van der Waals surface area contributed by atoms with Gasteiger partial charge in [-0.25, -0.2) is 13.4 Å². The van der Waals surface area contributed by atoms with Gasteiger partial charge >= 0.3 is 0 Å². The Bertz CT molecular complexity index is 970. The predicted molar refractivity (Wildman–Crippen MR) is 97.9 cm³/mol. The minimum atomic E-state index is -3.83. The molecule has 0 fully saturated rings. The van der Waals surface area contributed by atoms with Crippen LogP contribution in [-0.4, -0.2) is 27.6 Å². The van der Waals surface area contributed by atoms with Crippen molar-refractivity contribution in [3.8, 4) is 22.1 Å². The second kappa shape index (κ2) is 7.12. The number of rotatable bonds is 6. The van der Waals surface area contributed by atoms with Gasteiger partial charge in [-0.15, -0.1) is 11.3 Å². The topological polar surface area (TPSA) is 77.5 Å². The Balaban J connectivity index is 2.02. The van der Waals surface area contributed by atoms with E-state index < -0.39 is 10.0 Å². The van der Waals surface area contributed by atoms with E-state index >= 15 is 0 Å². The van der Waals surface area contributed by atoms with Crippen LogP contribution in [0.2, 0.25) is 0 Å². The minimum absolute atomic E-state index is 0.155. The normalized spacial score (nSPS) is 11.1. The molecule has 0 aliphatic rings. The van der Waals surface area contributed by atoms with Gasteiger partial charge in [0, 0.05) is 23.2 Å². The van der Waals surface area contributed by atoms with Crippen molar-refractivity contribution in [3.05, 3.63) is 54.0 Å². The van der Waals surface area contributed by atoms with Crippen molar-refractivity contribution in [1.82, 2.24) is 4.98 Å². The molecule has 1 N–H and O–H groups in total. The Morgan fingerprint density at radius 3 is 2.56 bits per heavy atom. The van der Waals surface area contributed by atoms with E-state index in [9.17, 15) is 8.42 Å². The van der Waals surface area contributed by atoms with E-state index in [2.05, 4.69) is 9.71 Å². The molecule has 1 heterocycles. The average molecular weight is 376 g/mol. The lowest BCUT2D eigenvalue weighted by atomic mass is 10.2. The maximum absolute atomic E-state index is 12.9. The number of benzene rings is 2. The molecule has 0 saturated carbocycles. The second-order valence-corrected chi connectivity index (χ2v) is 7.55. The van der Waals surface area contributed by atoms with Crippen molar-refractivity contribution in [2.24, 2.45) is 0 Å². The van der Waals surface area contributed by atoms with Crippen LogP contribution in [0.5, 0.6) is 11.5 Å². The summed E-state index contributed by atoms with van der Waals surface area (Å²) in [5.41, 5.74) is 0.884. The lowest BCUT2D eigenvalue weighted by Gasteiger charge is -2.14. The number of thiazole rings is 1. The van der Waals surface area contributed by atoms with Crippen molar-refractivity contribution >= 4 is 27.0 Å². The van der Waals surface area contributed by atoms with Crippen LogP contribution >= 0.6 is 11.3 Å². The molecule has 3 rings (SSSR count). The standard InChI is InChI=1S/C17H16N2O4S2/c1-22-12-7-8-14(15(11-12)23-2)19-25(20,21)16-6-4-3-5-13(16)17-18-9-10-24-17/h3-11,19H,1-2H3. The van der Waals surface area contributed by atoms with Crippen LogP contribution in [0.25, 0.3) is 10.6 Å². The number of anilines is 1. The number of hydrogen-bond acceptors (Lipinski definition) is 6. The largest absolute Gasteiger partial charge is 0.497 e. The van der Waals surface area contributed by atoms with Gasteiger partial charge in [0.15, 0.2) is 0 Å². The Kier molecular flexibility index (Phi) is 4.91. The maximum atomic E-state index is 12.9. The summed E-state index contributed by atoms with van der Waals surface area (Å²) in [5, 5.41) is 2.45. The molecule has 0 spiro atoms. The van der Waals surface area contributed by atoms with Gasteiger partial charge in [-0.1, -0.05) is 18.2 Å². The highest BCUT2D eigenvalue weighted by molar-refractivity contribution is 7.92. The lowest BCUT2D eigenvalue weighted by Crippen LogP contribution is -2.14. The van der Waals surface area contributed by atoms with Crippen molar-refractivity contribution in [2.75, 3.05) is 18.9 Å². The van der Waals surface area contributed by atoms with Crippen LogP contribution in [0, 0.1) is 0 Å². The van der Waals surface area contributed by atoms with E-state index in [1.165, 1.54) is 25.6 Å². The summed E-state index contributed by atoms with van der Waals surface area (Å²) < 4.78 is 38.8. The predicted octanol–water partition coefficient (Wildman–Crippen LogP) is 3.63. The van der Waals surface area contributed by atoms with E-state index in [0.717, 1.165) is 0 Å². The summed E-state index contributed by atoms with van der Waals surface area (Å²) >= 11 is 1.38. The zero-order valence-electron chi connectivity index (χ0n) is 13.6. The van der Waals surface area contributed by atoms with E-state index in [1.54, 1.807) is 54.0 Å². The lowest BCUT2D eigenvalue weighted by molar-refractivity contribution is 0.395. The number of nitrogens with zero attached hydrogens (tertiary/aromatic N) is 1. The Labute approximate surface area is 150 Å². The van der Waals surface area contributed by atoms with Gasteiger partial charge in [-0.3, -0.25) is 4.72 Å². The Morgan fingerprint density at radius 2 is 1.88 bits per heavy atom. The molecule has 6 nitrogen and oxygen atoms in total. The fraction of sp³-hybridized carbons (Fsp3) is 0.118. The molecule has 0 aliphatic heterocycles. The zero-order chi connectivity index (χ0) is 17.9. The van der Waals surface area contributed by atoms with Crippen LogP contribution in [0.4, 0.5) is 5.69 Å². The molecule has 0 saturated heterocycles. The number of hydrogen-bond donors (Lipinski definition) is 1. The summed E-state index contributed by atoms with van der Waals surface area (Å²) in [6, 6.07) is 11.6. The van der Waals surface area contributed by atoms with Crippen LogP contribution in [0.1, 0.15) is 0 Å². The Hall–Kier alpha value is -2.58. The molecule has 8 heteroatoms. The molecule has 3 aromatic rings. The first-order chi connectivity index (χ1) is 12.0.